The van der Waals surface area contributed by atoms with Crippen molar-refractivity contribution in [3.8, 4) is 0 Å². The van der Waals surface area contributed by atoms with Gasteiger partial charge in [0.05, 0.1) is 6.54 Å². The number of carbonyl (C=O) groups excluding carboxylic acids is 1. The molecule has 28 heavy (non-hydrogen) atoms. The van der Waals surface area contributed by atoms with Crippen molar-refractivity contribution in [2.24, 2.45) is 16.8 Å². The Labute approximate surface area is 171 Å². The van der Waals surface area contributed by atoms with E-state index in [0.29, 0.717) is 17.9 Å². The molecule has 2 saturated carbocycles. The highest BCUT2D eigenvalue weighted by atomic mass is 16.2. The van der Waals surface area contributed by atoms with Crippen molar-refractivity contribution in [2.45, 2.75) is 71.3 Å². The summed E-state index contributed by atoms with van der Waals surface area (Å²) in [6.45, 7) is 10.9. The molecule has 1 amide bonds. The SMILES string of the molecule is CCNC(=NCCN1CCN(C(=O)C2CCCC2)CC1)NC1CCC(C)CC1. The maximum Gasteiger partial charge on any atom is 0.225 e. The van der Waals surface area contributed by atoms with E-state index in [2.05, 4.69) is 34.3 Å². The zero-order valence-corrected chi connectivity index (χ0v) is 18.1. The maximum absolute atomic E-state index is 12.6. The van der Waals surface area contributed by atoms with Crippen LogP contribution >= 0.6 is 0 Å². The van der Waals surface area contributed by atoms with E-state index < -0.39 is 0 Å². The van der Waals surface area contributed by atoms with Crippen LogP contribution in [0, 0.1) is 11.8 Å². The van der Waals surface area contributed by atoms with Crippen LogP contribution in [-0.2, 0) is 4.79 Å². The van der Waals surface area contributed by atoms with Crippen LogP contribution in [0.15, 0.2) is 4.99 Å². The molecule has 6 heteroatoms. The van der Waals surface area contributed by atoms with Crippen molar-refractivity contribution >= 4 is 11.9 Å². The van der Waals surface area contributed by atoms with E-state index in [1.54, 1.807) is 0 Å². The number of hydrogen-bond donors (Lipinski definition) is 2. The number of nitrogens with zero attached hydrogens (tertiary/aromatic N) is 3. The summed E-state index contributed by atoms with van der Waals surface area (Å²) in [6.07, 6.45) is 9.82. The summed E-state index contributed by atoms with van der Waals surface area (Å²) in [5.41, 5.74) is 0. The van der Waals surface area contributed by atoms with Crippen molar-refractivity contribution in [1.29, 1.82) is 0 Å². The molecule has 0 aromatic carbocycles. The molecule has 0 aromatic rings. The van der Waals surface area contributed by atoms with Gasteiger partial charge >= 0.3 is 0 Å². The normalized spacial score (nSPS) is 27.8. The number of amides is 1. The first kappa shape index (κ1) is 21.4. The van der Waals surface area contributed by atoms with Gasteiger partial charge in [-0.1, -0.05) is 19.8 Å². The minimum atomic E-state index is 0.313. The zero-order valence-electron chi connectivity index (χ0n) is 18.1. The summed E-state index contributed by atoms with van der Waals surface area (Å²) in [6, 6.07) is 0.569. The Morgan fingerprint density at radius 3 is 2.32 bits per heavy atom. The molecule has 3 aliphatic rings. The quantitative estimate of drug-likeness (QED) is 0.539. The number of hydrogen-bond acceptors (Lipinski definition) is 3. The summed E-state index contributed by atoms with van der Waals surface area (Å²) in [5, 5.41) is 7.04. The van der Waals surface area contributed by atoms with Crippen molar-refractivity contribution in [1.82, 2.24) is 20.4 Å². The average Bonchev–Trinajstić information content (AvgIpc) is 3.25. The standard InChI is InChI=1S/C22H41N5O/c1-3-23-22(25-20-10-8-18(2)9-11-20)24-12-13-26-14-16-27(17-15-26)21(28)19-6-4-5-7-19/h18-20H,3-17H2,1-2H3,(H2,23,24,25). The zero-order chi connectivity index (χ0) is 19.8. The first-order valence-corrected chi connectivity index (χ1v) is 11.7. The van der Waals surface area contributed by atoms with Crippen molar-refractivity contribution in [3.05, 3.63) is 0 Å². The molecule has 2 aliphatic carbocycles. The van der Waals surface area contributed by atoms with Gasteiger partial charge in [-0.3, -0.25) is 14.7 Å². The largest absolute Gasteiger partial charge is 0.357 e. The van der Waals surface area contributed by atoms with Crippen LogP contribution in [-0.4, -0.2) is 73.5 Å². The molecule has 160 valence electrons. The predicted molar refractivity (Wildman–Crippen MR) is 116 cm³/mol. The van der Waals surface area contributed by atoms with Crippen molar-refractivity contribution < 1.29 is 4.79 Å². The van der Waals surface area contributed by atoms with Crippen LogP contribution < -0.4 is 10.6 Å². The minimum Gasteiger partial charge on any atom is -0.357 e. The Hall–Kier alpha value is -1.30. The van der Waals surface area contributed by atoms with Crippen LogP contribution in [0.25, 0.3) is 0 Å². The Morgan fingerprint density at radius 2 is 1.68 bits per heavy atom. The van der Waals surface area contributed by atoms with Crippen LogP contribution in [0.4, 0.5) is 0 Å². The molecule has 0 bridgehead atoms. The van der Waals surface area contributed by atoms with Gasteiger partial charge in [-0.05, 0) is 51.4 Å². The molecule has 3 fully saturated rings. The van der Waals surface area contributed by atoms with E-state index in [1.165, 1.54) is 38.5 Å². The molecule has 1 saturated heterocycles. The third-order valence-corrected chi connectivity index (χ3v) is 6.78. The highest BCUT2D eigenvalue weighted by Gasteiger charge is 2.29. The number of rotatable bonds is 6. The number of nitrogens with one attached hydrogen (secondary N) is 2. The molecule has 1 heterocycles. The van der Waals surface area contributed by atoms with Crippen LogP contribution in [0.1, 0.15) is 65.2 Å². The second kappa shape index (κ2) is 11.0. The van der Waals surface area contributed by atoms with E-state index in [0.717, 1.165) is 70.5 Å². The van der Waals surface area contributed by atoms with Crippen LogP contribution in [0.2, 0.25) is 0 Å². The van der Waals surface area contributed by atoms with E-state index in [-0.39, 0.29) is 0 Å². The summed E-state index contributed by atoms with van der Waals surface area (Å²) in [4.78, 5) is 21.9. The third kappa shape index (κ3) is 6.36. The second-order valence-electron chi connectivity index (χ2n) is 9.01. The fraction of sp³-hybridized carbons (Fsp3) is 0.909. The van der Waals surface area contributed by atoms with Gasteiger partial charge in [-0.15, -0.1) is 0 Å². The molecule has 0 aromatic heterocycles. The first-order valence-electron chi connectivity index (χ1n) is 11.7. The van der Waals surface area contributed by atoms with Gasteiger partial charge in [-0.25, -0.2) is 0 Å². The fourth-order valence-corrected chi connectivity index (χ4v) is 4.84. The highest BCUT2D eigenvalue weighted by Crippen LogP contribution is 2.27. The molecule has 1 aliphatic heterocycles. The van der Waals surface area contributed by atoms with Crippen molar-refractivity contribution in [3.63, 3.8) is 0 Å². The summed E-state index contributed by atoms with van der Waals surface area (Å²) in [5.74, 6) is 2.57. The van der Waals surface area contributed by atoms with E-state index in [1.807, 2.05) is 0 Å². The fourth-order valence-electron chi connectivity index (χ4n) is 4.84. The molecule has 0 unspecified atom stereocenters. The molecule has 2 N–H and O–H groups in total. The molecule has 0 atom stereocenters. The minimum absolute atomic E-state index is 0.313. The number of carbonyl (C=O) groups is 1. The third-order valence-electron chi connectivity index (χ3n) is 6.78. The molecule has 3 rings (SSSR count). The van der Waals surface area contributed by atoms with Gasteiger partial charge in [0.2, 0.25) is 5.91 Å². The summed E-state index contributed by atoms with van der Waals surface area (Å²) in [7, 11) is 0. The molecular formula is C22H41N5O. The van der Waals surface area contributed by atoms with E-state index >= 15 is 0 Å². The van der Waals surface area contributed by atoms with Gasteiger partial charge in [0.15, 0.2) is 5.96 Å². The van der Waals surface area contributed by atoms with Gasteiger partial charge in [0.25, 0.3) is 0 Å². The Balaban J connectivity index is 1.37. The van der Waals surface area contributed by atoms with Gasteiger partial charge in [-0.2, -0.15) is 0 Å². The lowest BCUT2D eigenvalue weighted by atomic mass is 9.87. The molecule has 0 spiro atoms. The maximum atomic E-state index is 12.6. The summed E-state index contributed by atoms with van der Waals surface area (Å²) >= 11 is 0. The first-order chi connectivity index (χ1) is 13.7. The van der Waals surface area contributed by atoms with Crippen LogP contribution in [0.3, 0.4) is 0 Å². The number of aliphatic imine (C=N–C) groups is 1. The van der Waals surface area contributed by atoms with E-state index in [4.69, 9.17) is 4.99 Å². The topological polar surface area (TPSA) is 60.0 Å². The van der Waals surface area contributed by atoms with Crippen LogP contribution in [0.5, 0.6) is 0 Å². The summed E-state index contributed by atoms with van der Waals surface area (Å²) < 4.78 is 0. The number of guanidine groups is 1. The second-order valence-corrected chi connectivity index (χ2v) is 9.01. The Kier molecular flexibility index (Phi) is 8.44. The molecular weight excluding hydrogens is 350 g/mol. The van der Waals surface area contributed by atoms with Gasteiger partial charge in [0.1, 0.15) is 0 Å². The van der Waals surface area contributed by atoms with Gasteiger partial charge < -0.3 is 15.5 Å². The lowest BCUT2D eigenvalue weighted by Crippen LogP contribution is -2.50. The monoisotopic (exact) mass is 391 g/mol. The number of piperazine rings is 1. The average molecular weight is 392 g/mol. The smallest absolute Gasteiger partial charge is 0.225 e. The molecule has 6 nitrogen and oxygen atoms in total. The molecule has 0 radical (unpaired) electrons. The Bertz CT molecular complexity index is 501. The van der Waals surface area contributed by atoms with E-state index in [9.17, 15) is 4.79 Å². The highest BCUT2D eigenvalue weighted by molar-refractivity contribution is 5.80. The lowest BCUT2D eigenvalue weighted by molar-refractivity contribution is -0.137. The lowest BCUT2D eigenvalue weighted by Gasteiger charge is -2.35. The Morgan fingerprint density at radius 1 is 1.00 bits per heavy atom. The van der Waals surface area contributed by atoms with Crippen molar-refractivity contribution in [2.75, 3.05) is 45.8 Å². The van der Waals surface area contributed by atoms with Gasteiger partial charge in [0, 0.05) is 51.2 Å². The predicted octanol–water partition coefficient (Wildman–Crippen LogP) is 2.45.